The van der Waals surface area contributed by atoms with Crippen LogP contribution >= 0.6 is 0 Å². The summed E-state index contributed by atoms with van der Waals surface area (Å²) in [5.74, 6) is -0.895. The molecule has 116 valence electrons. The minimum absolute atomic E-state index is 0.0981. The van der Waals surface area contributed by atoms with Gasteiger partial charge in [-0.15, -0.1) is 5.10 Å². The Morgan fingerprint density at radius 3 is 2.71 bits per heavy atom. The first-order valence-electron chi connectivity index (χ1n) is 6.79. The molecule has 9 nitrogen and oxygen atoms in total. The van der Waals surface area contributed by atoms with Crippen molar-refractivity contribution in [1.82, 2.24) is 25.6 Å². The van der Waals surface area contributed by atoms with Crippen molar-refractivity contribution < 1.29 is 19.4 Å². The van der Waals surface area contributed by atoms with Crippen molar-refractivity contribution in [2.45, 2.75) is 19.4 Å². The van der Waals surface area contributed by atoms with Gasteiger partial charge in [0.25, 0.3) is 0 Å². The van der Waals surface area contributed by atoms with Crippen LogP contribution in [-0.2, 0) is 16.1 Å². The molecule has 1 aliphatic rings. The summed E-state index contributed by atoms with van der Waals surface area (Å²) in [6, 6.07) is -0.387. The molecule has 1 aromatic rings. The molecule has 9 heteroatoms. The predicted molar refractivity (Wildman–Crippen MR) is 71.5 cm³/mol. The number of carbonyl (C=O) groups is 2. The highest BCUT2D eigenvalue weighted by molar-refractivity contribution is 5.78. The molecule has 1 saturated heterocycles. The van der Waals surface area contributed by atoms with Gasteiger partial charge in [-0.2, -0.15) is 0 Å². The van der Waals surface area contributed by atoms with Gasteiger partial charge in [0.2, 0.25) is 0 Å². The second kappa shape index (κ2) is 7.02. The quantitative estimate of drug-likeness (QED) is 0.649. The Hall–Kier alpha value is -2.16. The lowest BCUT2D eigenvalue weighted by atomic mass is 9.80. The number of carboxylic acid groups (broad SMARTS) is 1. The molecule has 0 saturated carbocycles. The number of aliphatic carboxylic acids is 1. The van der Waals surface area contributed by atoms with E-state index in [1.54, 1.807) is 17.1 Å². The van der Waals surface area contributed by atoms with E-state index in [1.165, 1.54) is 0 Å². The van der Waals surface area contributed by atoms with Gasteiger partial charge in [-0.25, -0.2) is 4.79 Å². The maximum Gasteiger partial charge on any atom is 0.314 e. The molecule has 2 heterocycles. The highest BCUT2D eigenvalue weighted by Crippen LogP contribution is 2.29. The number of hydrogen-bond donors (Lipinski definition) is 3. The van der Waals surface area contributed by atoms with Crippen LogP contribution in [0.5, 0.6) is 0 Å². The lowest BCUT2D eigenvalue weighted by Crippen LogP contribution is -2.49. The largest absolute Gasteiger partial charge is 0.481 e. The van der Waals surface area contributed by atoms with Crippen LogP contribution in [0.2, 0.25) is 0 Å². The van der Waals surface area contributed by atoms with Crippen LogP contribution in [0.3, 0.4) is 0 Å². The molecule has 21 heavy (non-hydrogen) atoms. The molecule has 1 aromatic heterocycles. The number of urea groups is 1. The first-order chi connectivity index (χ1) is 10.1. The summed E-state index contributed by atoms with van der Waals surface area (Å²) in [5, 5.41) is 22.1. The molecule has 0 radical (unpaired) electrons. The van der Waals surface area contributed by atoms with Gasteiger partial charge in [-0.05, 0) is 12.8 Å². The number of carbonyl (C=O) groups excluding carboxylic acids is 1. The van der Waals surface area contributed by atoms with Gasteiger partial charge >= 0.3 is 12.0 Å². The van der Waals surface area contributed by atoms with E-state index >= 15 is 0 Å². The summed E-state index contributed by atoms with van der Waals surface area (Å²) >= 11 is 0. The normalized spacial score (nSPS) is 17.1. The van der Waals surface area contributed by atoms with Crippen LogP contribution in [-0.4, -0.2) is 58.4 Å². The molecule has 0 atom stereocenters. The molecule has 3 N–H and O–H groups in total. The summed E-state index contributed by atoms with van der Waals surface area (Å²) in [7, 11) is 0. The van der Waals surface area contributed by atoms with Crippen LogP contribution in [0.15, 0.2) is 12.4 Å². The SMILES string of the molecule is O=C(NCCn1ccnn1)NCC1(C(=O)O)CCOCC1. The van der Waals surface area contributed by atoms with Crippen molar-refractivity contribution in [3.8, 4) is 0 Å². The zero-order chi connectivity index (χ0) is 15.1. The highest BCUT2D eigenvalue weighted by atomic mass is 16.5. The summed E-state index contributed by atoms with van der Waals surface area (Å²) < 4.78 is 6.78. The number of aromatic nitrogens is 3. The van der Waals surface area contributed by atoms with Gasteiger partial charge in [-0.3, -0.25) is 9.48 Å². The second-order valence-corrected chi connectivity index (χ2v) is 4.97. The number of hydrogen-bond acceptors (Lipinski definition) is 5. The molecule has 0 bridgehead atoms. The summed E-state index contributed by atoms with van der Waals surface area (Å²) in [4.78, 5) is 23.1. The summed E-state index contributed by atoms with van der Waals surface area (Å²) in [6.07, 6.45) is 4.06. The fourth-order valence-corrected chi connectivity index (χ4v) is 2.18. The average Bonchev–Trinajstić information content (AvgIpc) is 2.99. The number of nitrogens with zero attached hydrogens (tertiary/aromatic N) is 3. The van der Waals surface area contributed by atoms with Crippen molar-refractivity contribution in [3.05, 3.63) is 12.4 Å². The maximum absolute atomic E-state index is 11.7. The highest BCUT2D eigenvalue weighted by Gasteiger charge is 2.40. The van der Waals surface area contributed by atoms with E-state index in [1.807, 2.05) is 0 Å². The van der Waals surface area contributed by atoms with E-state index in [0.717, 1.165) is 0 Å². The van der Waals surface area contributed by atoms with E-state index in [0.29, 0.717) is 39.1 Å². The maximum atomic E-state index is 11.7. The van der Waals surface area contributed by atoms with Crippen LogP contribution in [0, 0.1) is 5.41 Å². The third-order valence-electron chi connectivity index (χ3n) is 3.59. The molecule has 0 spiro atoms. The Morgan fingerprint density at radius 1 is 1.33 bits per heavy atom. The number of carboxylic acids is 1. The zero-order valence-electron chi connectivity index (χ0n) is 11.6. The molecule has 2 rings (SSSR count). The molecular formula is C12H19N5O4. The molecule has 2 amide bonds. The first-order valence-corrected chi connectivity index (χ1v) is 6.79. The van der Waals surface area contributed by atoms with Crippen LogP contribution < -0.4 is 10.6 Å². The number of nitrogens with one attached hydrogen (secondary N) is 2. The fourth-order valence-electron chi connectivity index (χ4n) is 2.18. The Labute approximate surface area is 121 Å². The van der Waals surface area contributed by atoms with E-state index in [4.69, 9.17) is 4.74 Å². The van der Waals surface area contributed by atoms with Crippen LogP contribution in [0.4, 0.5) is 4.79 Å². The third-order valence-corrected chi connectivity index (χ3v) is 3.59. The van der Waals surface area contributed by atoms with Crippen LogP contribution in [0.25, 0.3) is 0 Å². The van der Waals surface area contributed by atoms with Crippen molar-refractivity contribution >= 4 is 12.0 Å². The minimum atomic E-state index is -0.929. The third kappa shape index (κ3) is 4.15. The first kappa shape index (κ1) is 15.2. The lowest BCUT2D eigenvalue weighted by molar-refractivity contribution is -0.154. The van der Waals surface area contributed by atoms with Gasteiger partial charge in [0.15, 0.2) is 0 Å². The zero-order valence-corrected chi connectivity index (χ0v) is 11.6. The summed E-state index contributed by atoms with van der Waals surface area (Å²) in [6.45, 7) is 1.80. The smallest absolute Gasteiger partial charge is 0.314 e. The van der Waals surface area contributed by atoms with Gasteiger partial charge in [0.1, 0.15) is 0 Å². The Balaban J connectivity index is 1.72. The topological polar surface area (TPSA) is 118 Å². The standard InChI is InChI=1S/C12H19N5O4/c18-10(19)12(1-7-21-8-2-12)9-14-11(20)13-3-5-17-6-4-15-16-17/h4,6H,1-3,5,7-9H2,(H,18,19)(H2,13,14,20). The monoisotopic (exact) mass is 297 g/mol. The van der Waals surface area contributed by atoms with E-state index in [9.17, 15) is 14.7 Å². The average molecular weight is 297 g/mol. The minimum Gasteiger partial charge on any atom is -0.481 e. The van der Waals surface area contributed by atoms with Gasteiger partial charge in [0.05, 0.1) is 18.2 Å². The van der Waals surface area contributed by atoms with Gasteiger partial charge in [0, 0.05) is 32.5 Å². The van der Waals surface area contributed by atoms with Crippen molar-refractivity contribution in [3.63, 3.8) is 0 Å². The number of amides is 2. The Morgan fingerprint density at radius 2 is 2.10 bits per heavy atom. The predicted octanol–water partition coefficient (Wildman–Crippen LogP) is -0.541. The lowest BCUT2D eigenvalue weighted by Gasteiger charge is -2.33. The Bertz CT molecular complexity index is 470. The summed E-state index contributed by atoms with van der Waals surface area (Å²) in [5.41, 5.74) is -0.929. The molecule has 1 aliphatic heterocycles. The van der Waals surface area contributed by atoms with E-state index in [-0.39, 0.29) is 12.6 Å². The Kier molecular flexibility index (Phi) is 5.09. The molecule has 0 unspecified atom stereocenters. The molecule has 0 aromatic carbocycles. The molecular weight excluding hydrogens is 278 g/mol. The van der Waals surface area contributed by atoms with E-state index < -0.39 is 11.4 Å². The van der Waals surface area contributed by atoms with Gasteiger partial charge < -0.3 is 20.5 Å². The number of rotatable bonds is 6. The van der Waals surface area contributed by atoms with Crippen molar-refractivity contribution in [2.75, 3.05) is 26.3 Å². The fraction of sp³-hybridized carbons (Fsp3) is 0.667. The molecule has 1 fully saturated rings. The van der Waals surface area contributed by atoms with Crippen molar-refractivity contribution in [1.29, 1.82) is 0 Å². The van der Waals surface area contributed by atoms with Gasteiger partial charge in [-0.1, -0.05) is 5.21 Å². The number of ether oxygens (including phenoxy) is 1. The second-order valence-electron chi connectivity index (χ2n) is 4.97. The van der Waals surface area contributed by atoms with Crippen molar-refractivity contribution in [2.24, 2.45) is 5.41 Å². The molecule has 0 aliphatic carbocycles. The van der Waals surface area contributed by atoms with E-state index in [2.05, 4.69) is 20.9 Å². The van der Waals surface area contributed by atoms with Crippen LogP contribution in [0.1, 0.15) is 12.8 Å².